The molecule has 4 aromatic heterocycles. The Hall–Kier alpha value is -5.38. The molecule has 0 aliphatic carbocycles. The second kappa shape index (κ2) is 47.8. The van der Waals surface area contributed by atoms with Gasteiger partial charge in [-0.15, -0.1) is 0 Å². The minimum atomic E-state index is -1.08. The number of unbranched alkanes of at least 4 members (excludes halogenated alkanes) is 8. The van der Waals surface area contributed by atoms with Gasteiger partial charge in [0.2, 0.25) is 0 Å². The van der Waals surface area contributed by atoms with Crippen LogP contribution in [0, 0.1) is 0 Å². The number of quaternary nitrogens is 2. The molecule has 4 heterocycles. The van der Waals surface area contributed by atoms with E-state index in [0.29, 0.717) is 22.8 Å². The molecule has 426 valence electrons. The fraction of sp³-hybridized carbons (Fsp3) is 0.552. The molecule has 0 bridgehead atoms. The zero-order valence-electron chi connectivity index (χ0n) is 47.1. The van der Waals surface area contributed by atoms with Gasteiger partial charge in [-0.25, -0.2) is 19.2 Å². The molecule has 0 radical (unpaired) electrons. The van der Waals surface area contributed by atoms with Crippen LogP contribution in [-0.4, -0.2) is 136 Å². The van der Waals surface area contributed by atoms with Gasteiger partial charge in [0.15, 0.2) is 0 Å². The van der Waals surface area contributed by atoms with E-state index in [-0.39, 0.29) is 41.7 Å². The number of carboxylic acid groups (broad SMARTS) is 4. The zero-order valence-corrected chi connectivity index (χ0v) is 50.4. The summed E-state index contributed by atoms with van der Waals surface area (Å²) in [6.07, 6.45) is 27.5. The molecule has 0 spiro atoms. The third-order valence-electron chi connectivity index (χ3n) is 12.4. The molecular weight excluding hydrogens is 1100 g/mol. The normalized spacial score (nSPS) is 10.2. The second-order valence-electron chi connectivity index (χ2n) is 18.4. The molecule has 0 saturated carbocycles. The van der Waals surface area contributed by atoms with Crippen LogP contribution < -0.4 is 0 Å². The van der Waals surface area contributed by atoms with Gasteiger partial charge in [0, 0.05) is 24.8 Å². The molecule has 0 atom stereocenters. The Balaban J connectivity index is -0.000000911. The van der Waals surface area contributed by atoms with Crippen LogP contribution in [0.3, 0.4) is 0 Å². The van der Waals surface area contributed by atoms with E-state index >= 15 is 0 Å². The minimum Gasteiger partial charge on any atom is -0.753 e. The Bertz CT molecular complexity index is 1970. The average molecular weight is 1190 g/mol. The van der Waals surface area contributed by atoms with Crippen molar-refractivity contribution in [2.45, 2.75) is 158 Å². The minimum absolute atomic E-state index is 0. The van der Waals surface area contributed by atoms with E-state index < -0.39 is 23.9 Å². The number of nitrogens with zero attached hydrogens (tertiary/aromatic N) is 8. The molecule has 4 aromatic rings. The Morgan fingerprint density at radius 1 is 0.390 bits per heavy atom. The van der Waals surface area contributed by atoms with E-state index in [1.165, 1.54) is 248 Å². The molecule has 0 aromatic carbocycles. The summed E-state index contributed by atoms with van der Waals surface area (Å²) in [5, 5.41) is 52.4. The van der Waals surface area contributed by atoms with E-state index in [2.05, 4.69) is 99.8 Å². The SMILES string of the molecule is CCCC[N+](CCCC)(CCCC)CCCC.CCCC[N+](CCCC)(CCCC)CCCC.O=C(O)c1ccnc(-c2cc(C(=O)O)ccn2)c1.O=C(O)c1ccnc(-c2cc(C(=O)O)ccn2)c1.[N-]=C=S.[N-]=C=S.[Ru+2]. The topological polar surface area (TPSA) is 245 Å². The van der Waals surface area contributed by atoms with Crippen molar-refractivity contribution in [1.82, 2.24) is 19.9 Å². The third-order valence-corrected chi connectivity index (χ3v) is 12.4. The van der Waals surface area contributed by atoms with Crippen molar-refractivity contribution in [3.63, 3.8) is 0 Å². The van der Waals surface area contributed by atoms with Gasteiger partial charge < -0.3 is 40.2 Å². The van der Waals surface area contributed by atoms with Gasteiger partial charge in [0.25, 0.3) is 0 Å². The monoisotopic (exact) mass is 1190 g/mol. The van der Waals surface area contributed by atoms with E-state index in [1.54, 1.807) is 0 Å². The molecule has 0 saturated heterocycles. The van der Waals surface area contributed by atoms with Gasteiger partial charge in [0.1, 0.15) is 0 Å². The number of carbonyl (C=O) groups is 4. The number of carboxylic acids is 4. The summed E-state index contributed by atoms with van der Waals surface area (Å²) in [4.78, 5) is 59.2. The van der Waals surface area contributed by atoms with E-state index in [1.807, 2.05) is 0 Å². The van der Waals surface area contributed by atoms with Crippen molar-refractivity contribution in [2.24, 2.45) is 0 Å². The fourth-order valence-electron chi connectivity index (χ4n) is 8.10. The average Bonchev–Trinajstić information content (AvgIpc) is 3.43. The summed E-state index contributed by atoms with van der Waals surface area (Å²) >= 11 is 7.40. The summed E-state index contributed by atoms with van der Waals surface area (Å²) in [5.41, 5.74) is 1.56. The molecule has 77 heavy (non-hydrogen) atoms. The van der Waals surface area contributed by atoms with E-state index in [0.717, 1.165) is 0 Å². The molecule has 4 rings (SSSR count). The van der Waals surface area contributed by atoms with Crippen molar-refractivity contribution in [3.8, 4) is 22.8 Å². The largest absolute Gasteiger partial charge is 2.00 e. The molecule has 0 aliphatic heterocycles. The first-order valence-corrected chi connectivity index (χ1v) is 27.8. The Kier molecular flexibility index (Phi) is 47.1. The number of aromatic carboxylic acids is 4. The molecule has 0 unspecified atom stereocenters. The molecule has 0 fully saturated rings. The standard InChI is InChI=1S/2C16H36N.2C12H8N2O4.2CNS.Ru/c2*1-5-9-13-17(14-10-6-2,15-11-7-3)16-12-8-4;2*15-11(16)7-1-3-13-9(5-7)10-6-8(12(17)18)2-4-14-10;2*2-1-3;/h2*5-16H2,1-4H3;2*1-6H,(H,15,16)(H,17,18);;;/q2*+1;;;2*-1;+2. The summed E-state index contributed by atoms with van der Waals surface area (Å²) < 4.78 is 2.84. The quantitative estimate of drug-likeness (QED) is 0.0164. The molecule has 16 nitrogen and oxygen atoms in total. The Labute approximate surface area is 483 Å². The first kappa shape index (κ1) is 75.9. The zero-order chi connectivity index (χ0) is 57.6. The van der Waals surface area contributed by atoms with Crippen LogP contribution in [0.1, 0.15) is 200 Å². The van der Waals surface area contributed by atoms with Crippen LogP contribution in [-0.2, 0) is 19.5 Å². The summed E-state index contributed by atoms with van der Waals surface area (Å²) in [6.45, 7) is 30.0. The van der Waals surface area contributed by atoms with Crippen molar-refractivity contribution in [1.29, 1.82) is 0 Å². The number of pyridine rings is 4. The first-order chi connectivity index (χ1) is 36.5. The fourth-order valence-corrected chi connectivity index (χ4v) is 8.10. The number of hydrogen-bond donors (Lipinski definition) is 4. The van der Waals surface area contributed by atoms with Gasteiger partial charge in [-0.2, -0.15) is 10.3 Å². The van der Waals surface area contributed by atoms with Gasteiger partial charge >= 0.3 is 43.4 Å². The maximum Gasteiger partial charge on any atom is 2.00 e. The molecule has 0 aliphatic rings. The van der Waals surface area contributed by atoms with Crippen molar-refractivity contribution >= 4 is 58.6 Å². The van der Waals surface area contributed by atoms with Crippen molar-refractivity contribution < 1.29 is 68.0 Å². The first-order valence-electron chi connectivity index (χ1n) is 27.0. The van der Waals surface area contributed by atoms with Crippen LogP contribution in [0.5, 0.6) is 0 Å². The van der Waals surface area contributed by atoms with Gasteiger partial charge in [0.05, 0.1) is 97.4 Å². The number of isothiocyanates is 2. The second-order valence-corrected chi connectivity index (χ2v) is 18.8. The van der Waals surface area contributed by atoms with Gasteiger partial charge in [-0.3, -0.25) is 19.9 Å². The summed E-state index contributed by atoms with van der Waals surface area (Å²) in [5.74, 6) is -4.30. The molecular formula is C58H88N8O8RuS2+2. The van der Waals surface area contributed by atoms with E-state index in [4.69, 9.17) is 31.2 Å². The molecule has 4 N–H and O–H groups in total. The van der Waals surface area contributed by atoms with Crippen LogP contribution in [0.25, 0.3) is 33.6 Å². The van der Waals surface area contributed by atoms with Crippen LogP contribution >= 0.6 is 24.4 Å². The van der Waals surface area contributed by atoms with Crippen LogP contribution in [0.15, 0.2) is 73.3 Å². The van der Waals surface area contributed by atoms with E-state index in [9.17, 15) is 19.2 Å². The summed E-state index contributed by atoms with van der Waals surface area (Å²) in [7, 11) is 0. The predicted molar refractivity (Wildman–Crippen MR) is 313 cm³/mol. The number of rotatable bonds is 30. The van der Waals surface area contributed by atoms with Gasteiger partial charge in [-0.05, 0) is 99.9 Å². The third kappa shape index (κ3) is 34.2. The predicted octanol–water partition coefficient (Wildman–Crippen LogP) is 14.4. The van der Waals surface area contributed by atoms with Crippen molar-refractivity contribution in [3.05, 3.63) is 106 Å². The number of aromatic nitrogens is 4. The number of hydrogen-bond acceptors (Lipinski definition) is 10. The Morgan fingerprint density at radius 3 is 0.649 bits per heavy atom. The smallest absolute Gasteiger partial charge is 0.753 e. The van der Waals surface area contributed by atoms with Crippen molar-refractivity contribution in [2.75, 3.05) is 52.4 Å². The molecule has 19 heteroatoms. The summed E-state index contributed by atoms with van der Waals surface area (Å²) in [6, 6.07) is 10.8. The Morgan fingerprint density at radius 2 is 0.532 bits per heavy atom. The molecule has 0 amide bonds. The van der Waals surface area contributed by atoms with Crippen LogP contribution in [0.2, 0.25) is 0 Å². The number of thiocarbonyl (C=S) groups is 2. The van der Waals surface area contributed by atoms with Gasteiger partial charge in [-0.1, -0.05) is 131 Å². The maximum atomic E-state index is 10.8. The maximum absolute atomic E-state index is 10.8. The van der Waals surface area contributed by atoms with Crippen LogP contribution in [0.4, 0.5) is 0 Å².